The van der Waals surface area contributed by atoms with Crippen molar-refractivity contribution in [1.82, 2.24) is 0 Å². The normalized spacial score (nSPS) is 20.6. The van der Waals surface area contributed by atoms with Gasteiger partial charge in [-0.2, -0.15) is 0 Å². The summed E-state index contributed by atoms with van der Waals surface area (Å²) in [4.78, 5) is 10.9. The predicted octanol–water partition coefficient (Wildman–Crippen LogP) is 3.88. The minimum atomic E-state index is -1.05. The number of halogens is 1. The molecule has 0 aliphatic heterocycles. The second kappa shape index (κ2) is 5.56. The summed E-state index contributed by atoms with van der Waals surface area (Å²) in [6, 6.07) is 14.2. The summed E-state index contributed by atoms with van der Waals surface area (Å²) in [6.07, 6.45) is 1.86. The zero-order valence-corrected chi connectivity index (χ0v) is 11.4. The molecule has 1 aliphatic carbocycles. The van der Waals surface area contributed by atoms with Gasteiger partial charge in [0, 0.05) is 6.04 Å². The molecule has 0 aromatic heterocycles. The number of anilines is 1. The number of hydrogen-bond donors (Lipinski definition) is 2. The van der Waals surface area contributed by atoms with Gasteiger partial charge in [0.25, 0.3) is 0 Å². The van der Waals surface area contributed by atoms with Crippen LogP contribution in [0.3, 0.4) is 0 Å². The second-order valence-electron chi connectivity index (χ2n) is 5.42. The maximum Gasteiger partial charge on any atom is 0.335 e. The van der Waals surface area contributed by atoms with Crippen molar-refractivity contribution < 1.29 is 14.3 Å². The summed E-state index contributed by atoms with van der Waals surface area (Å²) in [6.45, 7) is 0. The molecule has 0 amide bonds. The first-order valence-corrected chi connectivity index (χ1v) is 6.98. The average molecular weight is 285 g/mol. The van der Waals surface area contributed by atoms with E-state index in [0.717, 1.165) is 12.8 Å². The molecule has 0 atom stereocenters. The molecule has 1 saturated carbocycles. The molecule has 0 radical (unpaired) electrons. The molecule has 4 heteroatoms. The molecule has 108 valence electrons. The Balaban J connectivity index is 1.64. The van der Waals surface area contributed by atoms with Gasteiger partial charge in [0.2, 0.25) is 0 Å². The lowest BCUT2D eigenvalue weighted by Crippen LogP contribution is -2.34. The molecular weight excluding hydrogens is 269 g/mol. The number of nitrogens with one attached hydrogen (secondary N) is 1. The Morgan fingerprint density at radius 1 is 1.14 bits per heavy atom. The standard InChI is InChI=1S/C17H16FNO2/c18-15-7-6-12(17(20)21)10-16(15)19-14-8-13(9-14)11-4-2-1-3-5-11/h1-7,10,13-14,19H,8-9H2,(H,20,21). The van der Waals surface area contributed by atoms with E-state index in [1.807, 2.05) is 18.2 Å². The van der Waals surface area contributed by atoms with Crippen LogP contribution < -0.4 is 5.32 Å². The smallest absolute Gasteiger partial charge is 0.335 e. The lowest BCUT2D eigenvalue weighted by Gasteiger charge is -2.37. The summed E-state index contributed by atoms with van der Waals surface area (Å²) >= 11 is 0. The van der Waals surface area contributed by atoms with Crippen LogP contribution in [0.15, 0.2) is 48.5 Å². The largest absolute Gasteiger partial charge is 0.478 e. The fourth-order valence-electron chi connectivity index (χ4n) is 2.72. The van der Waals surface area contributed by atoms with E-state index in [2.05, 4.69) is 17.4 Å². The summed E-state index contributed by atoms with van der Waals surface area (Å²) < 4.78 is 13.7. The molecule has 21 heavy (non-hydrogen) atoms. The van der Waals surface area contributed by atoms with Gasteiger partial charge in [-0.15, -0.1) is 0 Å². The highest BCUT2D eigenvalue weighted by Crippen LogP contribution is 2.38. The van der Waals surface area contributed by atoms with E-state index in [-0.39, 0.29) is 17.3 Å². The summed E-state index contributed by atoms with van der Waals surface area (Å²) in [5.41, 5.74) is 1.67. The van der Waals surface area contributed by atoms with Crippen molar-refractivity contribution in [1.29, 1.82) is 0 Å². The van der Waals surface area contributed by atoms with E-state index in [0.29, 0.717) is 5.92 Å². The Morgan fingerprint density at radius 3 is 2.52 bits per heavy atom. The van der Waals surface area contributed by atoms with Gasteiger partial charge in [0.05, 0.1) is 11.3 Å². The molecule has 3 rings (SSSR count). The van der Waals surface area contributed by atoms with Gasteiger partial charge in [-0.1, -0.05) is 30.3 Å². The summed E-state index contributed by atoms with van der Waals surface area (Å²) in [7, 11) is 0. The minimum Gasteiger partial charge on any atom is -0.478 e. The van der Waals surface area contributed by atoms with E-state index in [1.54, 1.807) is 0 Å². The number of carbonyl (C=O) groups is 1. The van der Waals surface area contributed by atoms with E-state index in [9.17, 15) is 9.18 Å². The first-order valence-electron chi connectivity index (χ1n) is 6.98. The molecule has 0 bridgehead atoms. The third kappa shape index (κ3) is 2.89. The zero-order chi connectivity index (χ0) is 14.8. The van der Waals surface area contributed by atoms with Crippen LogP contribution in [0.2, 0.25) is 0 Å². The van der Waals surface area contributed by atoms with Gasteiger partial charge in [-0.25, -0.2) is 9.18 Å². The van der Waals surface area contributed by atoms with Crippen LogP contribution in [0.1, 0.15) is 34.7 Å². The van der Waals surface area contributed by atoms with Crippen molar-refractivity contribution in [2.24, 2.45) is 0 Å². The molecule has 0 heterocycles. The van der Waals surface area contributed by atoms with Gasteiger partial charge < -0.3 is 10.4 Å². The zero-order valence-electron chi connectivity index (χ0n) is 11.4. The topological polar surface area (TPSA) is 49.3 Å². The second-order valence-corrected chi connectivity index (χ2v) is 5.42. The maximum absolute atomic E-state index is 13.7. The van der Waals surface area contributed by atoms with Crippen molar-refractivity contribution in [2.75, 3.05) is 5.32 Å². The molecule has 1 fully saturated rings. The van der Waals surface area contributed by atoms with Crippen molar-refractivity contribution in [2.45, 2.75) is 24.8 Å². The Morgan fingerprint density at radius 2 is 1.86 bits per heavy atom. The predicted molar refractivity (Wildman–Crippen MR) is 79.2 cm³/mol. The number of carboxylic acid groups (broad SMARTS) is 1. The van der Waals surface area contributed by atoms with E-state index >= 15 is 0 Å². The highest BCUT2D eigenvalue weighted by molar-refractivity contribution is 5.88. The molecule has 0 unspecified atom stereocenters. The number of aromatic carboxylic acids is 1. The average Bonchev–Trinajstić information content (AvgIpc) is 2.44. The van der Waals surface area contributed by atoms with Gasteiger partial charge in [0.1, 0.15) is 5.82 Å². The summed E-state index contributed by atoms with van der Waals surface area (Å²) in [5.74, 6) is -0.966. The van der Waals surface area contributed by atoms with Crippen molar-refractivity contribution in [3.63, 3.8) is 0 Å². The van der Waals surface area contributed by atoms with Crippen LogP contribution in [0.5, 0.6) is 0 Å². The first-order chi connectivity index (χ1) is 10.1. The number of hydrogen-bond acceptors (Lipinski definition) is 2. The van der Waals surface area contributed by atoms with E-state index in [1.165, 1.54) is 23.8 Å². The van der Waals surface area contributed by atoms with Crippen LogP contribution in [0, 0.1) is 5.82 Å². The lowest BCUT2D eigenvalue weighted by atomic mass is 9.76. The molecular formula is C17H16FNO2. The van der Waals surface area contributed by atoms with Crippen molar-refractivity contribution >= 4 is 11.7 Å². The summed E-state index contributed by atoms with van der Waals surface area (Å²) in [5, 5.41) is 12.0. The quantitative estimate of drug-likeness (QED) is 0.896. The Hall–Kier alpha value is -2.36. The molecule has 1 aliphatic rings. The van der Waals surface area contributed by atoms with Gasteiger partial charge in [0.15, 0.2) is 0 Å². The molecule has 2 aromatic carbocycles. The Kier molecular flexibility index (Phi) is 3.60. The number of rotatable bonds is 4. The molecule has 2 N–H and O–H groups in total. The van der Waals surface area contributed by atoms with E-state index < -0.39 is 11.8 Å². The lowest BCUT2D eigenvalue weighted by molar-refractivity contribution is 0.0697. The Bertz CT molecular complexity index is 651. The van der Waals surface area contributed by atoms with Crippen molar-refractivity contribution in [3.05, 3.63) is 65.5 Å². The van der Waals surface area contributed by atoms with Crippen LogP contribution >= 0.6 is 0 Å². The van der Waals surface area contributed by atoms with Gasteiger partial charge in [-0.05, 0) is 42.5 Å². The number of carboxylic acids is 1. The molecule has 3 nitrogen and oxygen atoms in total. The third-order valence-electron chi connectivity index (χ3n) is 3.98. The number of benzene rings is 2. The van der Waals surface area contributed by atoms with Crippen LogP contribution in [-0.4, -0.2) is 17.1 Å². The SMILES string of the molecule is O=C(O)c1ccc(F)c(NC2CC(c3ccccc3)C2)c1. The molecule has 0 saturated heterocycles. The van der Waals surface area contributed by atoms with Crippen LogP contribution in [0.4, 0.5) is 10.1 Å². The van der Waals surface area contributed by atoms with Crippen LogP contribution in [-0.2, 0) is 0 Å². The maximum atomic E-state index is 13.7. The monoisotopic (exact) mass is 285 g/mol. The van der Waals surface area contributed by atoms with Crippen molar-refractivity contribution in [3.8, 4) is 0 Å². The fraction of sp³-hybridized carbons (Fsp3) is 0.235. The minimum absolute atomic E-state index is 0.0952. The van der Waals surface area contributed by atoms with Gasteiger partial charge in [-0.3, -0.25) is 0 Å². The highest BCUT2D eigenvalue weighted by atomic mass is 19.1. The first kappa shape index (κ1) is 13.6. The van der Waals surface area contributed by atoms with Crippen LogP contribution in [0.25, 0.3) is 0 Å². The third-order valence-corrected chi connectivity index (χ3v) is 3.98. The fourth-order valence-corrected chi connectivity index (χ4v) is 2.72. The van der Waals surface area contributed by atoms with Gasteiger partial charge >= 0.3 is 5.97 Å². The molecule has 0 spiro atoms. The highest BCUT2D eigenvalue weighted by Gasteiger charge is 2.30. The molecule has 2 aromatic rings. The van der Waals surface area contributed by atoms with E-state index in [4.69, 9.17) is 5.11 Å². The Labute approximate surface area is 122 Å².